The van der Waals surface area contributed by atoms with Crippen LogP contribution in [0.4, 0.5) is 0 Å². The molecule has 73 valence electrons. The third-order valence-electron chi connectivity index (χ3n) is 2.62. The highest BCUT2D eigenvalue weighted by Gasteiger charge is 2.10. The molecular weight excluding hydrogens is 170 g/mol. The summed E-state index contributed by atoms with van der Waals surface area (Å²) in [5.41, 5.74) is 3.19. The Hall–Kier alpha value is -1.29. The van der Waals surface area contributed by atoms with Crippen LogP contribution >= 0.6 is 0 Å². The standard InChI is InChI=1S/C13H16N/c1-4-10(3)13-8-6-7-11(9-14)12(13)5-2/h6-8,10H,3-5H2,1-2H3. The van der Waals surface area contributed by atoms with Gasteiger partial charge in [-0.25, -0.2) is 0 Å². The van der Waals surface area contributed by atoms with Gasteiger partial charge in [0.05, 0.1) is 11.6 Å². The molecule has 0 aliphatic heterocycles. The van der Waals surface area contributed by atoms with Crippen molar-refractivity contribution in [1.82, 2.24) is 0 Å². The van der Waals surface area contributed by atoms with Gasteiger partial charge in [0, 0.05) is 0 Å². The molecule has 0 N–H and O–H groups in total. The van der Waals surface area contributed by atoms with Gasteiger partial charge in [0.15, 0.2) is 0 Å². The Labute approximate surface area is 86.4 Å². The van der Waals surface area contributed by atoms with Crippen molar-refractivity contribution in [3.8, 4) is 6.07 Å². The molecule has 14 heavy (non-hydrogen) atoms. The average Bonchev–Trinajstić information content (AvgIpc) is 2.26. The van der Waals surface area contributed by atoms with Crippen LogP contribution in [0.1, 0.15) is 42.9 Å². The van der Waals surface area contributed by atoms with Crippen molar-refractivity contribution >= 4 is 0 Å². The highest BCUT2D eigenvalue weighted by atomic mass is 14.3. The molecule has 1 heteroatoms. The van der Waals surface area contributed by atoms with E-state index >= 15 is 0 Å². The van der Waals surface area contributed by atoms with E-state index in [0.29, 0.717) is 5.92 Å². The molecule has 0 spiro atoms. The normalized spacial score (nSPS) is 12.1. The molecular formula is C13H16N. The molecule has 0 saturated heterocycles. The topological polar surface area (TPSA) is 23.8 Å². The molecule has 0 fully saturated rings. The predicted octanol–water partition coefficient (Wildman–Crippen LogP) is 3.45. The summed E-state index contributed by atoms with van der Waals surface area (Å²) < 4.78 is 0. The van der Waals surface area contributed by atoms with Gasteiger partial charge in [0.25, 0.3) is 0 Å². The number of benzene rings is 1. The molecule has 0 aliphatic carbocycles. The Balaban J connectivity index is 3.23. The van der Waals surface area contributed by atoms with Crippen molar-refractivity contribution in [3.05, 3.63) is 41.8 Å². The molecule has 1 rings (SSSR count). The fourth-order valence-electron chi connectivity index (χ4n) is 1.71. The minimum absolute atomic E-state index is 0.304. The Morgan fingerprint density at radius 2 is 2.14 bits per heavy atom. The zero-order valence-corrected chi connectivity index (χ0v) is 8.88. The van der Waals surface area contributed by atoms with Crippen molar-refractivity contribution in [1.29, 1.82) is 5.26 Å². The van der Waals surface area contributed by atoms with Gasteiger partial charge in [-0.15, -0.1) is 0 Å². The van der Waals surface area contributed by atoms with Crippen molar-refractivity contribution in [2.24, 2.45) is 0 Å². The SMILES string of the molecule is [CH2]C(CC)c1cccc(C#N)c1CC. The lowest BCUT2D eigenvalue weighted by atomic mass is 9.90. The second-order valence-electron chi connectivity index (χ2n) is 3.44. The fourth-order valence-corrected chi connectivity index (χ4v) is 1.71. The van der Waals surface area contributed by atoms with E-state index in [1.165, 1.54) is 5.56 Å². The Morgan fingerprint density at radius 3 is 2.64 bits per heavy atom. The molecule has 1 aromatic carbocycles. The van der Waals surface area contributed by atoms with Gasteiger partial charge in [-0.2, -0.15) is 5.26 Å². The first-order chi connectivity index (χ1) is 6.74. The van der Waals surface area contributed by atoms with E-state index in [9.17, 15) is 0 Å². The van der Waals surface area contributed by atoms with Gasteiger partial charge in [-0.3, -0.25) is 0 Å². The number of hydrogen-bond acceptors (Lipinski definition) is 1. The quantitative estimate of drug-likeness (QED) is 0.709. The van der Waals surface area contributed by atoms with Crippen LogP contribution in [-0.4, -0.2) is 0 Å². The van der Waals surface area contributed by atoms with Crippen molar-refractivity contribution in [2.45, 2.75) is 32.6 Å². The summed E-state index contributed by atoms with van der Waals surface area (Å²) in [5, 5.41) is 8.96. The van der Waals surface area contributed by atoms with Crippen LogP contribution in [0.3, 0.4) is 0 Å². The molecule has 1 atom stereocenters. The lowest BCUT2D eigenvalue weighted by Crippen LogP contribution is -2.00. The van der Waals surface area contributed by atoms with Crippen LogP contribution in [0.2, 0.25) is 0 Å². The maximum Gasteiger partial charge on any atom is 0.0994 e. The van der Waals surface area contributed by atoms with Gasteiger partial charge in [0.2, 0.25) is 0 Å². The average molecular weight is 186 g/mol. The monoisotopic (exact) mass is 186 g/mol. The molecule has 0 heterocycles. The summed E-state index contributed by atoms with van der Waals surface area (Å²) in [4.78, 5) is 0. The molecule has 1 unspecified atom stereocenters. The lowest BCUT2D eigenvalue weighted by molar-refractivity contribution is 0.787. The largest absolute Gasteiger partial charge is 0.192 e. The van der Waals surface area contributed by atoms with E-state index in [0.717, 1.165) is 24.0 Å². The van der Waals surface area contributed by atoms with Crippen LogP contribution in [0.5, 0.6) is 0 Å². The smallest absolute Gasteiger partial charge is 0.0994 e. The zero-order chi connectivity index (χ0) is 10.6. The minimum Gasteiger partial charge on any atom is -0.192 e. The Kier molecular flexibility index (Phi) is 3.71. The van der Waals surface area contributed by atoms with Crippen LogP contribution < -0.4 is 0 Å². The number of hydrogen-bond donors (Lipinski definition) is 0. The molecule has 0 aromatic heterocycles. The molecule has 0 aliphatic rings. The lowest BCUT2D eigenvalue weighted by Gasteiger charge is -2.14. The molecule has 0 bridgehead atoms. The van der Waals surface area contributed by atoms with Gasteiger partial charge < -0.3 is 0 Å². The van der Waals surface area contributed by atoms with Gasteiger partial charge in [-0.05, 0) is 42.9 Å². The molecule has 0 saturated carbocycles. The minimum atomic E-state index is 0.304. The number of nitriles is 1. The van der Waals surface area contributed by atoms with Gasteiger partial charge >= 0.3 is 0 Å². The van der Waals surface area contributed by atoms with Crippen LogP contribution in [0.25, 0.3) is 0 Å². The summed E-state index contributed by atoms with van der Waals surface area (Å²) in [5.74, 6) is 0.304. The second-order valence-corrected chi connectivity index (χ2v) is 3.44. The van der Waals surface area contributed by atoms with E-state index in [4.69, 9.17) is 5.26 Å². The highest BCUT2D eigenvalue weighted by molar-refractivity contribution is 5.44. The highest BCUT2D eigenvalue weighted by Crippen LogP contribution is 2.25. The maximum atomic E-state index is 8.96. The molecule has 1 nitrogen and oxygen atoms in total. The predicted molar refractivity (Wildman–Crippen MR) is 58.9 cm³/mol. The molecule has 1 radical (unpaired) electrons. The summed E-state index contributed by atoms with van der Waals surface area (Å²) in [7, 11) is 0. The van der Waals surface area contributed by atoms with Crippen LogP contribution in [-0.2, 0) is 6.42 Å². The van der Waals surface area contributed by atoms with Crippen molar-refractivity contribution < 1.29 is 0 Å². The zero-order valence-electron chi connectivity index (χ0n) is 8.88. The second kappa shape index (κ2) is 4.81. The van der Waals surface area contributed by atoms with Gasteiger partial charge in [0.1, 0.15) is 0 Å². The van der Waals surface area contributed by atoms with Crippen molar-refractivity contribution in [2.75, 3.05) is 0 Å². The first kappa shape index (κ1) is 10.8. The van der Waals surface area contributed by atoms with E-state index < -0.39 is 0 Å². The molecule has 1 aromatic rings. The van der Waals surface area contributed by atoms with Gasteiger partial charge in [-0.1, -0.05) is 26.0 Å². The van der Waals surface area contributed by atoms with E-state index in [-0.39, 0.29) is 0 Å². The third-order valence-corrected chi connectivity index (χ3v) is 2.62. The summed E-state index contributed by atoms with van der Waals surface area (Å²) in [6.07, 6.45) is 1.92. The summed E-state index contributed by atoms with van der Waals surface area (Å²) in [6.45, 7) is 8.31. The Morgan fingerprint density at radius 1 is 1.43 bits per heavy atom. The van der Waals surface area contributed by atoms with Crippen molar-refractivity contribution in [3.63, 3.8) is 0 Å². The van der Waals surface area contributed by atoms with E-state index in [2.05, 4.69) is 32.9 Å². The summed E-state index contributed by atoms with van der Waals surface area (Å²) >= 11 is 0. The molecule has 0 amide bonds. The first-order valence-electron chi connectivity index (χ1n) is 5.09. The number of nitrogens with zero attached hydrogens (tertiary/aromatic N) is 1. The van der Waals surface area contributed by atoms with E-state index in [1.54, 1.807) is 0 Å². The maximum absolute atomic E-state index is 8.96. The summed E-state index contributed by atoms with van der Waals surface area (Å²) in [6, 6.07) is 8.15. The number of rotatable bonds is 3. The fraction of sp³-hybridized carbons (Fsp3) is 0.385. The van der Waals surface area contributed by atoms with Crippen LogP contribution in [0, 0.1) is 18.3 Å². The first-order valence-corrected chi connectivity index (χ1v) is 5.09. The van der Waals surface area contributed by atoms with E-state index in [1.807, 2.05) is 12.1 Å². The Bertz CT molecular complexity index is 347. The third kappa shape index (κ3) is 1.96. The van der Waals surface area contributed by atoms with Crippen LogP contribution in [0.15, 0.2) is 18.2 Å².